The fraction of sp³-hybridized carbons (Fsp3) is 0.300. The number of fused-ring (bicyclic) bond motifs is 1. The van der Waals surface area contributed by atoms with Crippen molar-refractivity contribution in [3.05, 3.63) is 90.6 Å². The second-order valence-electron chi connectivity index (χ2n) is 10.0. The first-order valence-corrected chi connectivity index (χ1v) is 14.5. The maximum Gasteiger partial charge on any atom is 0.412 e. The molecule has 4 aromatic rings. The number of aliphatic hydroxyl groups excluding tert-OH is 1. The van der Waals surface area contributed by atoms with Gasteiger partial charge in [0, 0.05) is 30.2 Å². The van der Waals surface area contributed by atoms with Crippen molar-refractivity contribution in [1.82, 2.24) is 14.6 Å². The minimum atomic E-state index is -3.94. The quantitative estimate of drug-likeness (QED) is 0.231. The molecule has 4 rings (SSSR count). The van der Waals surface area contributed by atoms with E-state index in [4.69, 9.17) is 9.47 Å². The van der Waals surface area contributed by atoms with Crippen LogP contribution in [0.2, 0.25) is 0 Å². The van der Waals surface area contributed by atoms with Gasteiger partial charge in [-0.05, 0) is 66.4 Å². The summed E-state index contributed by atoms with van der Waals surface area (Å²) >= 11 is 0. The van der Waals surface area contributed by atoms with Crippen LogP contribution in [0.5, 0.6) is 11.5 Å². The number of benzene rings is 3. The predicted octanol–water partition coefficient (Wildman–Crippen LogP) is 4.58. The summed E-state index contributed by atoms with van der Waals surface area (Å²) in [5, 5.41) is 15.0. The number of H-pyrrole nitrogens is 1. The molecule has 1 amide bonds. The normalized spacial score (nSPS) is 13.3. The standard InChI is InChI=1S/C30H35N3O6S/c1-21(2)19-33(40(36,37)26-12-9-24(38-3)10-13-26)20-29(34)28(17-22-7-5-4-6-8-22)32-30(35)39-25-11-14-27-23(18-25)15-16-31-27/h4-16,18,21,28-29,31,34H,17,19-20H2,1-3H3,(H,32,35)/t28-,29+/m0/s1. The van der Waals surface area contributed by atoms with E-state index >= 15 is 0 Å². The molecule has 0 aliphatic heterocycles. The number of aliphatic hydroxyl groups is 1. The van der Waals surface area contributed by atoms with Gasteiger partial charge in [0.15, 0.2) is 0 Å². The number of ether oxygens (including phenoxy) is 2. The van der Waals surface area contributed by atoms with Crippen molar-refractivity contribution >= 4 is 27.0 Å². The Morgan fingerprint density at radius 3 is 2.35 bits per heavy atom. The van der Waals surface area contributed by atoms with E-state index in [1.165, 1.54) is 23.5 Å². The summed E-state index contributed by atoms with van der Waals surface area (Å²) in [7, 11) is -2.44. The summed E-state index contributed by atoms with van der Waals surface area (Å²) in [6.45, 7) is 3.77. The van der Waals surface area contributed by atoms with Crippen molar-refractivity contribution in [1.29, 1.82) is 0 Å². The Balaban J connectivity index is 1.55. The first-order chi connectivity index (χ1) is 19.2. The number of aromatic amines is 1. The third-order valence-corrected chi connectivity index (χ3v) is 8.30. The van der Waals surface area contributed by atoms with Crippen LogP contribution in [0.1, 0.15) is 19.4 Å². The zero-order valence-electron chi connectivity index (χ0n) is 22.8. The van der Waals surface area contributed by atoms with Gasteiger partial charge < -0.3 is 24.9 Å². The second kappa shape index (κ2) is 13.0. The molecule has 0 bridgehead atoms. The lowest BCUT2D eigenvalue weighted by Gasteiger charge is -2.30. The molecule has 40 heavy (non-hydrogen) atoms. The van der Waals surface area contributed by atoms with Gasteiger partial charge in [0.05, 0.1) is 24.2 Å². The van der Waals surface area contributed by atoms with E-state index in [2.05, 4.69) is 10.3 Å². The number of carbonyl (C=O) groups excluding carboxylic acids is 1. The number of sulfonamides is 1. The molecule has 3 N–H and O–H groups in total. The minimum Gasteiger partial charge on any atom is -0.497 e. The van der Waals surface area contributed by atoms with Crippen LogP contribution < -0.4 is 14.8 Å². The van der Waals surface area contributed by atoms with E-state index in [0.29, 0.717) is 11.5 Å². The molecule has 0 aliphatic carbocycles. The number of rotatable bonds is 12. The van der Waals surface area contributed by atoms with Gasteiger partial charge in [-0.1, -0.05) is 44.2 Å². The third kappa shape index (κ3) is 7.41. The molecule has 0 unspecified atom stereocenters. The lowest BCUT2D eigenvalue weighted by Crippen LogP contribution is -2.51. The van der Waals surface area contributed by atoms with Crippen molar-refractivity contribution in [2.75, 3.05) is 20.2 Å². The molecule has 0 spiro atoms. The highest BCUT2D eigenvalue weighted by Crippen LogP contribution is 2.23. The van der Waals surface area contributed by atoms with Crippen LogP contribution in [0.3, 0.4) is 0 Å². The van der Waals surface area contributed by atoms with E-state index in [9.17, 15) is 18.3 Å². The second-order valence-corrected chi connectivity index (χ2v) is 12.0. The molecule has 0 saturated heterocycles. The van der Waals surface area contributed by atoms with Crippen molar-refractivity contribution in [2.24, 2.45) is 5.92 Å². The smallest absolute Gasteiger partial charge is 0.412 e. The van der Waals surface area contributed by atoms with E-state index in [-0.39, 0.29) is 30.3 Å². The highest BCUT2D eigenvalue weighted by atomic mass is 32.2. The summed E-state index contributed by atoms with van der Waals surface area (Å²) < 4.78 is 39.1. The van der Waals surface area contributed by atoms with Crippen molar-refractivity contribution < 1.29 is 27.8 Å². The maximum atomic E-state index is 13.6. The molecule has 0 aliphatic rings. The maximum absolute atomic E-state index is 13.6. The van der Waals surface area contributed by atoms with Crippen molar-refractivity contribution in [2.45, 2.75) is 37.3 Å². The van der Waals surface area contributed by atoms with Gasteiger partial charge in [0.2, 0.25) is 10.0 Å². The SMILES string of the molecule is COc1ccc(S(=O)(=O)N(CC(C)C)C[C@@H](O)[C@H](Cc2ccccc2)NC(=O)Oc2ccc3[nH]ccc3c2)cc1. The topological polar surface area (TPSA) is 121 Å². The van der Waals surface area contributed by atoms with Gasteiger partial charge in [-0.15, -0.1) is 0 Å². The summed E-state index contributed by atoms with van der Waals surface area (Å²) in [4.78, 5) is 16.1. The van der Waals surface area contributed by atoms with E-state index < -0.39 is 28.3 Å². The summed E-state index contributed by atoms with van der Waals surface area (Å²) in [6.07, 6.45) is 0.0883. The molecular formula is C30H35N3O6S. The van der Waals surface area contributed by atoms with Gasteiger partial charge in [0.25, 0.3) is 0 Å². The Labute approximate surface area is 234 Å². The Bertz CT molecular complexity index is 1500. The first kappa shape index (κ1) is 29.1. The third-order valence-electron chi connectivity index (χ3n) is 6.46. The molecular weight excluding hydrogens is 530 g/mol. The van der Waals surface area contributed by atoms with E-state index in [1.54, 1.807) is 30.5 Å². The van der Waals surface area contributed by atoms with Gasteiger partial charge in [0.1, 0.15) is 11.5 Å². The first-order valence-electron chi connectivity index (χ1n) is 13.1. The van der Waals surface area contributed by atoms with Crippen LogP contribution >= 0.6 is 0 Å². The molecule has 10 heteroatoms. The van der Waals surface area contributed by atoms with Crippen LogP contribution in [0.15, 0.2) is 90.0 Å². The fourth-order valence-electron chi connectivity index (χ4n) is 4.44. The molecule has 0 radical (unpaired) electrons. The fourth-order valence-corrected chi connectivity index (χ4v) is 6.07. The van der Waals surface area contributed by atoms with Crippen molar-refractivity contribution in [3.8, 4) is 11.5 Å². The molecule has 3 aromatic carbocycles. The Morgan fingerprint density at radius 2 is 1.68 bits per heavy atom. The highest BCUT2D eigenvalue weighted by molar-refractivity contribution is 7.89. The van der Waals surface area contributed by atoms with Gasteiger partial charge >= 0.3 is 6.09 Å². The van der Waals surface area contributed by atoms with Crippen LogP contribution in [-0.2, 0) is 16.4 Å². The van der Waals surface area contributed by atoms with Gasteiger partial charge in [-0.3, -0.25) is 0 Å². The monoisotopic (exact) mass is 565 g/mol. The molecule has 0 fully saturated rings. The predicted molar refractivity (Wildman–Crippen MR) is 154 cm³/mol. The zero-order valence-corrected chi connectivity index (χ0v) is 23.6. The number of carbonyl (C=O) groups is 1. The summed E-state index contributed by atoms with van der Waals surface area (Å²) in [6, 6.07) is 21.7. The number of hydrogen-bond acceptors (Lipinski definition) is 6. The molecule has 2 atom stereocenters. The highest BCUT2D eigenvalue weighted by Gasteiger charge is 2.31. The van der Waals surface area contributed by atoms with E-state index in [0.717, 1.165) is 16.5 Å². The molecule has 212 valence electrons. The number of nitrogens with zero attached hydrogens (tertiary/aromatic N) is 1. The number of aromatic nitrogens is 1. The van der Waals surface area contributed by atoms with Crippen LogP contribution in [0.25, 0.3) is 10.9 Å². The zero-order chi connectivity index (χ0) is 28.7. The molecule has 1 heterocycles. The van der Waals surface area contributed by atoms with Crippen molar-refractivity contribution in [3.63, 3.8) is 0 Å². The minimum absolute atomic E-state index is 0.00549. The van der Waals surface area contributed by atoms with Gasteiger partial charge in [-0.2, -0.15) is 4.31 Å². The number of nitrogens with one attached hydrogen (secondary N) is 2. The largest absolute Gasteiger partial charge is 0.497 e. The molecule has 1 aromatic heterocycles. The van der Waals surface area contributed by atoms with Crippen LogP contribution in [0.4, 0.5) is 4.79 Å². The van der Waals surface area contributed by atoms with Crippen LogP contribution in [-0.4, -0.2) is 61.3 Å². The Morgan fingerprint density at radius 1 is 0.975 bits per heavy atom. The molecule has 9 nitrogen and oxygen atoms in total. The number of methoxy groups -OCH3 is 1. The number of hydrogen-bond donors (Lipinski definition) is 3. The lowest BCUT2D eigenvalue weighted by molar-refractivity contribution is 0.0991. The summed E-state index contributed by atoms with van der Waals surface area (Å²) in [5.41, 5.74) is 1.78. The summed E-state index contributed by atoms with van der Waals surface area (Å²) in [5.74, 6) is 0.880. The Kier molecular flexibility index (Phi) is 9.46. The average molecular weight is 566 g/mol. The lowest BCUT2D eigenvalue weighted by atomic mass is 10.0. The number of amides is 1. The van der Waals surface area contributed by atoms with Crippen LogP contribution in [0, 0.1) is 5.92 Å². The molecule has 0 saturated carbocycles. The average Bonchev–Trinajstić information content (AvgIpc) is 3.40. The van der Waals surface area contributed by atoms with E-state index in [1.807, 2.05) is 56.3 Å². The van der Waals surface area contributed by atoms with Gasteiger partial charge in [-0.25, -0.2) is 13.2 Å². The Hall–Kier alpha value is -3.86.